The van der Waals surface area contributed by atoms with E-state index in [1.54, 1.807) is 0 Å². The molecule has 1 saturated heterocycles. The zero-order valence-corrected chi connectivity index (χ0v) is 10.6. The summed E-state index contributed by atoms with van der Waals surface area (Å²) in [4.78, 5) is 11.2. The predicted octanol–water partition coefficient (Wildman–Crippen LogP) is 2.98. The summed E-state index contributed by atoms with van der Waals surface area (Å²) in [6.45, 7) is 10.00. The number of hydrogen-bond donors (Lipinski definition) is 1. The first kappa shape index (κ1) is 12.5. The van der Waals surface area contributed by atoms with Gasteiger partial charge in [0.2, 0.25) is 5.91 Å². The van der Waals surface area contributed by atoms with Crippen molar-refractivity contribution < 1.29 is 4.79 Å². The van der Waals surface area contributed by atoms with E-state index in [9.17, 15) is 4.79 Å². The number of carbonyl (C=O) groups is 1. The molecule has 1 aliphatic rings. The van der Waals surface area contributed by atoms with Gasteiger partial charge in [-0.3, -0.25) is 4.79 Å². The quantitative estimate of drug-likeness (QED) is 0.761. The first-order valence-electron chi connectivity index (χ1n) is 6.20. The van der Waals surface area contributed by atoms with E-state index < -0.39 is 0 Å². The van der Waals surface area contributed by atoms with Crippen molar-refractivity contribution in [1.29, 1.82) is 0 Å². The van der Waals surface area contributed by atoms with Gasteiger partial charge in [-0.05, 0) is 36.5 Å². The maximum Gasteiger partial charge on any atom is 0.220 e. The lowest BCUT2D eigenvalue weighted by atomic mass is 9.70. The normalized spacial score (nSPS) is 20.8. The molecule has 0 atom stereocenters. The first-order valence-corrected chi connectivity index (χ1v) is 6.20. The summed E-state index contributed by atoms with van der Waals surface area (Å²) < 4.78 is 0. The van der Waals surface area contributed by atoms with E-state index >= 15 is 0 Å². The molecule has 1 amide bonds. The van der Waals surface area contributed by atoms with Crippen LogP contribution in [0, 0.1) is 17.3 Å². The molecule has 0 radical (unpaired) electrons. The molecule has 0 aromatic rings. The van der Waals surface area contributed by atoms with E-state index in [-0.39, 0.29) is 5.91 Å². The van der Waals surface area contributed by atoms with Gasteiger partial charge in [0.05, 0.1) is 0 Å². The fourth-order valence-electron chi connectivity index (χ4n) is 3.01. The van der Waals surface area contributed by atoms with Gasteiger partial charge in [-0.25, -0.2) is 0 Å². The van der Waals surface area contributed by atoms with Gasteiger partial charge in [-0.2, -0.15) is 0 Å². The number of carbonyl (C=O) groups excluding carboxylic acids is 1. The van der Waals surface area contributed by atoms with Crippen molar-refractivity contribution in [3.63, 3.8) is 0 Å². The number of hydrogen-bond acceptors (Lipinski definition) is 1. The van der Waals surface area contributed by atoms with Crippen LogP contribution in [0.4, 0.5) is 0 Å². The number of rotatable bonds is 4. The molecule has 1 aliphatic heterocycles. The Kier molecular flexibility index (Phi) is 4.18. The summed E-state index contributed by atoms with van der Waals surface area (Å²) in [6.07, 6.45) is 4.28. The van der Waals surface area contributed by atoms with E-state index in [0.717, 1.165) is 31.2 Å². The van der Waals surface area contributed by atoms with Crippen molar-refractivity contribution >= 4 is 5.91 Å². The Morgan fingerprint density at radius 2 is 1.73 bits per heavy atom. The van der Waals surface area contributed by atoms with Gasteiger partial charge >= 0.3 is 0 Å². The van der Waals surface area contributed by atoms with Crippen molar-refractivity contribution in [2.24, 2.45) is 17.3 Å². The average molecular weight is 211 g/mol. The second-order valence-electron chi connectivity index (χ2n) is 5.97. The molecule has 1 heterocycles. The van der Waals surface area contributed by atoms with Crippen molar-refractivity contribution in [2.75, 3.05) is 6.54 Å². The maximum atomic E-state index is 11.2. The molecule has 0 aromatic carbocycles. The Morgan fingerprint density at radius 3 is 2.07 bits per heavy atom. The lowest BCUT2D eigenvalue weighted by Gasteiger charge is -2.40. The number of piperidine rings is 1. The van der Waals surface area contributed by atoms with Crippen LogP contribution in [0.5, 0.6) is 0 Å². The first-order chi connectivity index (χ1) is 6.93. The van der Waals surface area contributed by atoms with Crippen LogP contribution >= 0.6 is 0 Å². The topological polar surface area (TPSA) is 29.1 Å². The molecule has 0 bridgehead atoms. The van der Waals surface area contributed by atoms with E-state index in [4.69, 9.17) is 0 Å². The molecule has 2 nitrogen and oxygen atoms in total. The Balaban J connectivity index is 2.63. The van der Waals surface area contributed by atoms with Gasteiger partial charge in [0.1, 0.15) is 0 Å². The fourth-order valence-corrected chi connectivity index (χ4v) is 3.01. The number of nitrogens with one attached hydrogen (secondary N) is 1. The van der Waals surface area contributed by atoms with Crippen LogP contribution in [0.3, 0.4) is 0 Å². The fraction of sp³-hybridized carbons (Fsp3) is 0.923. The molecule has 0 spiro atoms. The molecule has 0 aliphatic carbocycles. The van der Waals surface area contributed by atoms with Crippen LogP contribution in [-0.2, 0) is 4.79 Å². The van der Waals surface area contributed by atoms with Crippen molar-refractivity contribution in [3.05, 3.63) is 0 Å². The third-order valence-corrected chi connectivity index (χ3v) is 3.23. The molecule has 1 fully saturated rings. The number of amides is 1. The highest BCUT2D eigenvalue weighted by molar-refractivity contribution is 5.76. The summed E-state index contributed by atoms with van der Waals surface area (Å²) in [5.74, 6) is 1.68. The van der Waals surface area contributed by atoms with Gasteiger partial charge in [-0.15, -0.1) is 0 Å². The SMILES string of the molecule is CC(C)CC1(CC(C)C)CCC(=O)NC1. The maximum absolute atomic E-state index is 11.2. The van der Waals surface area contributed by atoms with Crippen molar-refractivity contribution in [1.82, 2.24) is 5.32 Å². The van der Waals surface area contributed by atoms with Gasteiger partial charge < -0.3 is 5.32 Å². The molecular formula is C13H25NO. The van der Waals surface area contributed by atoms with Crippen LogP contribution in [0.2, 0.25) is 0 Å². The standard InChI is InChI=1S/C13H25NO/c1-10(2)7-13(8-11(3)4)6-5-12(15)14-9-13/h10-11H,5-9H2,1-4H3,(H,14,15). The highest BCUT2D eigenvalue weighted by Crippen LogP contribution is 2.39. The Bertz CT molecular complexity index is 199. The summed E-state index contributed by atoms with van der Waals surface area (Å²) >= 11 is 0. The van der Waals surface area contributed by atoms with Gasteiger partial charge in [0.25, 0.3) is 0 Å². The molecule has 2 heteroatoms. The van der Waals surface area contributed by atoms with Crippen LogP contribution in [0.25, 0.3) is 0 Å². The smallest absolute Gasteiger partial charge is 0.220 e. The molecule has 88 valence electrons. The highest BCUT2D eigenvalue weighted by atomic mass is 16.1. The zero-order chi connectivity index (χ0) is 11.5. The van der Waals surface area contributed by atoms with Crippen molar-refractivity contribution in [3.8, 4) is 0 Å². The largest absolute Gasteiger partial charge is 0.356 e. The minimum Gasteiger partial charge on any atom is -0.356 e. The summed E-state index contributed by atoms with van der Waals surface area (Å²) in [6, 6.07) is 0. The van der Waals surface area contributed by atoms with Crippen LogP contribution < -0.4 is 5.32 Å². The second-order valence-corrected chi connectivity index (χ2v) is 5.97. The average Bonchev–Trinajstić information content (AvgIpc) is 2.08. The minimum absolute atomic E-state index is 0.234. The molecular weight excluding hydrogens is 186 g/mol. The zero-order valence-electron chi connectivity index (χ0n) is 10.6. The molecule has 1 N–H and O–H groups in total. The monoisotopic (exact) mass is 211 g/mol. The molecule has 0 aromatic heterocycles. The van der Waals surface area contributed by atoms with Gasteiger partial charge in [0, 0.05) is 13.0 Å². The Labute approximate surface area is 93.8 Å². The summed E-state index contributed by atoms with van der Waals surface area (Å²) in [5, 5.41) is 3.04. The predicted molar refractivity (Wildman–Crippen MR) is 63.6 cm³/mol. The highest BCUT2D eigenvalue weighted by Gasteiger charge is 2.35. The van der Waals surface area contributed by atoms with Crippen molar-refractivity contribution in [2.45, 2.75) is 53.4 Å². The minimum atomic E-state index is 0.234. The summed E-state index contributed by atoms with van der Waals surface area (Å²) in [7, 11) is 0. The van der Waals surface area contributed by atoms with E-state index in [0.29, 0.717) is 5.41 Å². The van der Waals surface area contributed by atoms with E-state index in [2.05, 4.69) is 33.0 Å². The van der Waals surface area contributed by atoms with Gasteiger partial charge in [0.15, 0.2) is 0 Å². The third kappa shape index (κ3) is 3.84. The van der Waals surface area contributed by atoms with Crippen LogP contribution in [-0.4, -0.2) is 12.5 Å². The van der Waals surface area contributed by atoms with Gasteiger partial charge in [-0.1, -0.05) is 27.7 Å². The molecule has 1 rings (SSSR count). The van der Waals surface area contributed by atoms with Crippen LogP contribution in [0.1, 0.15) is 53.4 Å². The van der Waals surface area contributed by atoms with E-state index in [1.165, 1.54) is 12.8 Å². The summed E-state index contributed by atoms with van der Waals surface area (Å²) in [5.41, 5.74) is 0.371. The third-order valence-electron chi connectivity index (χ3n) is 3.23. The molecule has 0 saturated carbocycles. The second kappa shape index (κ2) is 5.00. The Hall–Kier alpha value is -0.530. The van der Waals surface area contributed by atoms with Crippen LogP contribution in [0.15, 0.2) is 0 Å². The Morgan fingerprint density at radius 1 is 1.20 bits per heavy atom. The molecule has 15 heavy (non-hydrogen) atoms. The molecule has 0 unspecified atom stereocenters. The lowest BCUT2D eigenvalue weighted by Crippen LogP contribution is -2.44. The lowest BCUT2D eigenvalue weighted by molar-refractivity contribution is -0.124. The van der Waals surface area contributed by atoms with E-state index in [1.807, 2.05) is 0 Å².